The number of ether oxygens (including phenoxy) is 2. The van der Waals surface area contributed by atoms with Crippen molar-refractivity contribution >= 4 is 29.4 Å². The van der Waals surface area contributed by atoms with Crippen LogP contribution in [0.4, 0.5) is 0 Å². The molecule has 4 nitrogen and oxygen atoms in total. The summed E-state index contributed by atoms with van der Waals surface area (Å²) in [5, 5.41) is 3.00. The summed E-state index contributed by atoms with van der Waals surface area (Å²) in [5.41, 5.74) is 3.25. The first-order valence-electron chi connectivity index (χ1n) is 8.97. The Labute approximate surface area is 169 Å². The van der Waals surface area contributed by atoms with Crippen LogP contribution in [0.5, 0.6) is 11.5 Å². The van der Waals surface area contributed by atoms with Crippen molar-refractivity contribution in [3.63, 3.8) is 0 Å². The molecule has 1 aliphatic rings. The van der Waals surface area contributed by atoms with Crippen LogP contribution >= 0.6 is 23.5 Å². The van der Waals surface area contributed by atoms with Gasteiger partial charge >= 0.3 is 0 Å². The summed E-state index contributed by atoms with van der Waals surface area (Å²) in [6.45, 7) is 3.98. The number of carbonyl (C=O) groups excluding carboxylic acids is 1. The van der Waals surface area contributed by atoms with Crippen molar-refractivity contribution in [1.82, 2.24) is 5.32 Å². The standard InChI is InChI=1S/C21H25NO3S2/c1-14-8-9-18(24-3)17(12-14)15(2)22-20(23)13-25-19-7-5-4-6-16(19)21-26-10-11-27-21/h4-9,12,15,21H,10-11,13H2,1-3H3,(H,22,23)/t15-/m1/s1. The molecule has 0 bridgehead atoms. The van der Waals surface area contributed by atoms with Gasteiger partial charge in [-0.15, -0.1) is 23.5 Å². The number of hydrogen-bond acceptors (Lipinski definition) is 5. The predicted molar refractivity (Wildman–Crippen MR) is 114 cm³/mol. The Balaban J connectivity index is 1.61. The lowest BCUT2D eigenvalue weighted by molar-refractivity contribution is -0.123. The number of rotatable bonds is 7. The van der Waals surface area contributed by atoms with Crippen LogP contribution in [0.2, 0.25) is 0 Å². The van der Waals surface area contributed by atoms with Gasteiger partial charge in [-0.1, -0.05) is 35.9 Å². The van der Waals surface area contributed by atoms with Crippen LogP contribution in [-0.2, 0) is 4.79 Å². The van der Waals surface area contributed by atoms with Gasteiger partial charge in [0.05, 0.1) is 17.7 Å². The molecule has 1 heterocycles. The number of para-hydroxylation sites is 1. The molecule has 6 heteroatoms. The second-order valence-corrected chi connectivity index (χ2v) is 9.16. The third-order valence-electron chi connectivity index (χ3n) is 4.38. The van der Waals surface area contributed by atoms with E-state index in [-0.39, 0.29) is 18.6 Å². The quantitative estimate of drug-likeness (QED) is 0.724. The van der Waals surface area contributed by atoms with Crippen molar-refractivity contribution in [3.05, 3.63) is 59.2 Å². The zero-order chi connectivity index (χ0) is 19.2. The SMILES string of the molecule is COc1ccc(C)cc1[C@@H](C)NC(=O)COc1ccccc1C1SCCS1. The van der Waals surface area contributed by atoms with E-state index in [4.69, 9.17) is 9.47 Å². The highest BCUT2D eigenvalue weighted by Gasteiger charge is 2.22. The van der Waals surface area contributed by atoms with Crippen LogP contribution in [0.3, 0.4) is 0 Å². The molecule has 2 aromatic carbocycles. The van der Waals surface area contributed by atoms with Crippen molar-refractivity contribution in [2.45, 2.75) is 24.5 Å². The lowest BCUT2D eigenvalue weighted by Crippen LogP contribution is -2.31. The molecule has 1 aliphatic heterocycles. The molecule has 0 unspecified atom stereocenters. The van der Waals surface area contributed by atoms with Crippen LogP contribution in [0.25, 0.3) is 0 Å². The first-order valence-corrected chi connectivity index (χ1v) is 11.1. The Morgan fingerprint density at radius 2 is 1.93 bits per heavy atom. The molecule has 1 N–H and O–H groups in total. The monoisotopic (exact) mass is 403 g/mol. The average Bonchev–Trinajstić information content (AvgIpc) is 3.21. The summed E-state index contributed by atoms with van der Waals surface area (Å²) >= 11 is 3.85. The van der Waals surface area contributed by atoms with Crippen molar-refractivity contribution in [1.29, 1.82) is 0 Å². The van der Waals surface area contributed by atoms with Gasteiger partial charge in [-0.2, -0.15) is 0 Å². The van der Waals surface area contributed by atoms with Gasteiger partial charge in [0, 0.05) is 22.6 Å². The summed E-state index contributed by atoms with van der Waals surface area (Å²) < 4.78 is 11.7. The van der Waals surface area contributed by atoms with Gasteiger partial charge < -0.3 is 14.8 Å². The Bertz CT molecular complexity index is 791. The highest BCUT2D eigenvalue weighted by Crippen LogP contribution is 2.48. The Morgan fingerprint density at radius 1 is 1.19 bits per heavy atom. The molecule has 0 saturated carbocycles. The molecule has 144 valence electrons. The number of benzene rings is 2. The number of nitrogens with one attached hydrogen (secondary N) is 1. The largest absolute Gasteiger partial charge is 0.496 e. The van der Waals surface area contributed by atoms with Gasteiger partial charge in [-0.05, 0) is 26.0 Å². The summed E-state index contributed by atoms with van der Waals surface area (Å²) in [6, 6.07) is 13.8. The molecule has 0 spiro atoms. The number of aryl methyl sites for hydroxylation is 1. The maximum atomic E-state index is 12.4. The third kappa shape index (κ3) is 5.14. The van der Waals surface area contributed by atoms with Crippen molar-refractivity contribution < 1.29 is 14.3 Å². The summed E-state index contributed by atoms with van der Waals surface area (Å²) in [6.07, 6.45) is 0. The average molecular weight is 404 g/mol. The fraction of sp³-hybridized carbons (Fsp3) is 0.381. The van der Waals surface area contributed by atoms with Gasteiger partial charge in [0.25, 0.3) is 5.91 Å². The summed E-state index contributed by atoms with van der Waals surface area (Å²) in [7, 11) is 1.64. The maximum absolute atomic E-state index is 12.4. The first kappa shape index (κ1) is 20.0. The number of carbonyl (C=O) groups is 1. The van der Waals surface area contributed by atoms with Crippen LogP contribution in [0, 0.1) is 6.92 Å². The fourth-order valence-electron chi connectivity index (χ4n) is 3.04. The van der Waals surface area contributed by atoms with E-state index < -0.39 is 0 Å². The molecular weight excluding hydrogens is 378 g/mol. The van der Waals surface area contributed by atoms with E-state index in [1.165, 1.54) is 0 Å². The van der Waals surface area contributed by atoms with Crippen LogP contribution in [0.15, 0.2) is 42.5 Å². The number of methoxy groups -OCH3 is 1. The van der Waals surface area contributed by atoms with Gasteiger partial charge in [-0.3, -0.25) is 4.79 Å². The highest BCUT2D eigenvalue weighted by atomic mass is 32.2. The molecule has 1 amide bonds. The van der Waals surface area contributed by atoms with Gasteiger partial charge in [0.15, 0.2) is 6.61 Å². The Kier molecular flexibility index (Phi) is 6.96. The Morgan fingerprint density at radius 3 is 2.67 bits per heavy atom. The maximum Gasteiger partial charge on any atom is 0.258 e. The molecule has 0 aromatic heterocycles. The molecule has 1 fully saturated rings. The van der Waals surface area contributed by atoms with E-state index in [9.17, 15) is 4.79 Å². The normalized spacial score (nSPS) is 15.4. The molecule has 2 aromatic rings. The van der Waals surface area contributed by atoms with Crippen LogP contribution in [-0.4, -0.2) is 31.1 Å². The highest BCUT2D eigenvalue weighted by molar-refractivity contribution is 8.19. The zero-order valence-electron chi connectivity index (χ0n) is 15.9. The van der Waals surface area contributed by atoms with Crippen molar-refractivity contribution in [3.8, 4) is 11.5 Å². The summed E-state index contributed by atoms with van der Waals surface area (Å²) in [4.78, 5) is 12.4. The second-order valence-electron chi connectivity index (χ2n) is 6.43. The van der Waals surface area contributed by atoms with E-state index in [0.29, 0.717) is 4.58 Å². The van der Waals surface area contributed by atoms with Crippen molar-refractivity contribution in [2.24, 2.45) is 0 Å². The van der Waals surface area contributed by atoms with Crippen LogP contribution in [0.1, 0.15) is 34.2 Å². The van der Waals surface area contributed by atoms with Gasteiger partial charge in [-0.25, -0.2) is 0 Å². The molecule has 0 radical (unpaired) electrons. The van der Waals surface area contributed by atoms with E-state index in [1.807, 2.05) is 73.8 Å². The van der Waals surface area contributed by atoms with E-state index in [2.05, 4.69) is 11.4 Å². The minimum atomic E-state index is -0.160. The first-order chi connectivity index (χ1) is 13.1. The molecule has 27 heavy (non-hydrogen) atoms. The zero-order valence-corrected chi connectivity index (χ0v) is 17.5. The molecule has 1 atom stereocenters. The Hall–Kier alpha value is -1.79. The lowest BCUT2D eigenvalue weighted by atomic mass is 10.0. The second kappa shape index (κ2) is 9.42. The number of hydrogen-bond donors (Lipinski definition) is 1. The van der Waals surface area contributed by atoms with Crippen LogP contribution < -0.4 is 14.8 Å². The topological polar surface area (TPSA) is 47.6 Å². The minimum Gasteiger partial charge on any atom is -0.496 e. The van der Waals surface area contributed by atoms with Crippen molar-refractivity contribution in [2.75, 3.05) is 25.2 Å². The predicted octanol–water partition coefficient (Wildman–Crippen LogP) is 4.74. The van der Waals surface area contributed by atoms with Gasteiger partial charge in [0.2, 0.25) is 0 Å². The molecular formula is C21H25NO3S2. The summed E-state index contributed by atoms with van der Waals surface area (Å²) in [5.74, 6) is 3.72. The number of thioether (sulfide) groups is 2. The lowest BCUT2D eigenvalue weighted by Gasteiger charge is -2.19. The van der Waals surface area contributed by atoms with E-state index in [1.54, 1.807) is 7.11 Å². The fourth-order valence-corrected chi connectivity index (χ4v) is 5.95. The van der Waals surface area contributed by atoms with E-state index in [0.717, 1.165) is 39.7 Å². The molecule has 1 saturated heterocycles. The minimum absolute atomic E-state index is 0.00244. The molecule has 3 rings (SSSR count). The van der Waals surface area contributed by atoms with Gasteiger partial charge in [0.1, 0.15) is 11.5 Å². The smallest absolute Gasteiger partial charge is 0.258 e. The van der Waals surface area contributed by atoms with E-state index >= 15 is 0 Å². The number of amides is 1. The third-order valence-corrected chi connectivity index (χ3v) is 7.45. The molecule has 0 aliphatic carbocycles.